The molecule has 0 saturated carbocycles. The zero-order valence-electron chi connectivity index (χ0n) is 19.7. The third kappa shape index (κ3) is 5.77. The Morgan fingerprint density at radius 1 is 0.941 bits per heavy atom. The number of anilines is 1. The molecule has 0 bridgehead atoms. The minimum absolute atomic E-state index is 0.0758. The van der Waals surface area contributed by atoms with Crippen LogP contribution in [0.2, 0.25) is 0 Å². The van der Waals surface area contributed by atoms with Gasteiger partial charge in [0.25, 0.3) is 0 Å². The van der Waals surface area contributed by atoms with Crippen molar-refractivity contribution in [2.24, 2.45) is 0 Å². The Balaban J connectivity index is 1.61. The van der Waals surface area contributed by atoms with Crippen LogP contribution in [0.15, 0.2) is 82.4 Å². The fourth-order valence-corrected chi connectivity index (χ4v) is 4.47. The van der Waals surface area contributed by atoms with Crippen LogP contribution in [0.4, 0.5) is 5.69 Å². The molecule has 5 nitrogen and oxygen atoms in total. The summed E-state index contributed by atoms with van der Waals surface area (Å²) < 4.78 is 2.98. The van der Waals surface area contributed by atoms with Gasteiger partial charge < -0.3 is 5.32 Å². The predicted molar refractivity (Wildman–Crippen MR) is 144 cm³/mol. The highest BCUT2D eigenvalue weighted by Gasteiger charge is 2.19. The molecule has 4 aromatic rings. The van der Waals surface area contributed by atoms with Crippen LogP contribution in [0, 0.1) is 6.92 Å². The van der Waals surface area contributed by atoms with Crippen molar-refractivity contribution >= 4 is 39.3 Å². The summed E-state index contributed by atoms with van der Waals surface area (Å²) in [4.78, 5) is 12.6. The number of hydrogen-bond donors (Lipinski definition) is 1. The lowest BCUT2D eigenvalue weighted by Crippen LogP contribution is -2.14. The Labute approximate surface area is 213 Å². The average Bonchev–Trinajstić information content (AvgIpc) is 3.23. The van der Waals surface area contributed by atoms with Crippen LogP contribution in [-0.4, -0.2) is 26.4 Å². The van der Waals surface area contributed by atoms with Crippen molar-refractivity contribution in [2.75, 3.05) is 11.1 Å². The van der Waals surface area contributed by atoms with E-state index in [-0.39, 0.29) is 17.1 Å². The molecule has 0 saturated heterocycles. The van der Waals surface area contributed by atoms with Crippen LogP contribution in [0.25, 0.3) is 17.1 Å². The summed E-state index contributed by atoms with van der Waals surface area (Å²) in [5.74, 6) is 0.880. The van der Waals surface area contributed by atoms with E-state index in [0.29, 0.717) is 5.16 Å². The van der Waals surface area contributed by atoms with Gasteiger partial charge in [-0.2, -0.15) is 0 Å². The van der Waals surface area contributed by atoms with E-state index in [2.05, 4.69) is 108 Å². The maximum absolute atomic E-state index is 12.6. The number of amides is 1. The van der Waals surface area contributed by atoms with Crippen molar-refractivity contribution in [3.63, 3.8) is 0 Å². The number of carbonyl (C=O) groups is 1. The standard InChI is InChI=1S/C27H27BrN4OS/c1-18-5-15-23(16-6-18)32-25(19-7-9-20(10-8-19)27(2,3)4)30-31-26(32)34-17-24(33)29-22-13-11-21(28)12-14-22/h5-16H,17H2,1-4H3,(H,29,33). The first-order valence-corrected chi connectivity index (χ1v) is 12.8. The average molecular weight is 536 g/mol. The largest absolute Gasteiger partial charge is 0.325 e. The van der Waals surface area contributed by atoms with Crippen molar-refractivity contribution in [2.45, 2.75) is 38.3 Å². The van der Waals surface area contributed by atoms with Crippen molar-refractivity contribution < 1.29 is 4.79 Å². The van der Waals surface area contributed by atoms with Crippen LogP contribution >= 0.6 is 27.7 Å². The quantitative estimate of drug-likeness (QED) is 0.269. The van der Waals surface area contributed by atoms with Gasteiger partial charge in [0.15, 0.2) is 11.0 Å². The van der Waals surface area contributed by atoms with Gasteiger partial charge in [0.1, 0.15) is 0 Å². The van der Waals surface area contributed by atoms with E-state index in [4.69, 9.17) is 0 Å². The molecule has 7 heteroatoms. The third-order valence-electron chi connectivity index (χ3n) is 5.39. The molecule has 0 aliphatic carbocycles. The summed E-state index contributed by atoms with van der Waals surface area (Å²) in [5, 5.41) is 12.5. The second kappa shape index (κ2) is 10.2. The van der Waals surface area contributed by atoms with Gasteiger partial charge in [0.2, 0.25) is 5.91 Å². The van der Waals surface area contributed by atoms with Crippen LogP contribution in [0.5, 0.6) is 0 Å². The number of carbonyl (C=O) groups excluding carboxylic acids is 1. The lowest BCUT2D eigenvalue weighted by Gasteiger charge is -2.19. The number of aryl methyl sites for hydroxylation is 1. The molecule has 1 N–H and O–H groups in total. The first kappa shape index (κ1) is 24.2. The number of nitrogens with zero attached hydrogens (tertiary/aromatic N) is 3. The molecule has 3 aromatic carbocycles. The zero-order valence-corrected chi connectivity index (χ0v) is 22.1. The van der Waals surface area contributed by atoms with Gasteiger partial charge in [0, 0.05) is 21.4 Å². The molecule has 0 radical (unpaired) electrons. The van der Waals surface area contributed by atoms with E-state index in [1.165, 1.54) is 22.9 Å². The Bertz CT molecular complexity index is 1270. The summed E-state index contributed by atoms with van der Waals surface area (Å²) >= 11 is 4.78. The van der Waals surface area contributed by atoms with Crippen LogP contribution < -0.4 is 5.32 Å². The van der Waals surface area contributed by atoms with Crippen molar-refractivity contribution in [3.8, 4) is 17.1 Å². The van der Waals surface area contributed by atoms with E-state index >= 15 is 0 Å². The molecule has 1 heterocycles. The molecule has 4 rings (SSSR count). The fourth-order valence-electron chi connectivity index (χ4n) is 3.46. The smallest absolute Gasteiger partial charge is 0.234 e. The summed E-state index contributed by atoms with van der Waals surface area (Å²) in [5.41, 5.74) is 5.21. The third-order valence-corrected chi connectivity index (χ3v) is 6.85. The Kier molecular flexibility index (Phi) is 7.24. The highest BCUT2D eigenvalue weighted by atomic mass is 79.9. The highest BCUT2D eigenvalue weighted by Crippen LogP contribution is 2.30. The molecule has 1 amide bonds. The maximum Gasteiger partial charge on any atom is 0.234 e. The number of aromatic nitrogens is 3. The predicted octanol–water partition coefficient (Wildman–Crippen LogP) is 7.03. The number of nitrogens with one attached hydrogen (secondary N) is 1. The lowest BCUT2D eigenvalue weighted by molar-refractivity contribution is -0.113. The Hall–Kier alpha value is -2.90. The fraction of sp³-hybridized carbons (Fsp3) is 0.222. The molecule has 0 spiro atoms. The molecular formula is C27H27BrN4OS. The topological polar surface area (TPSA) is 59.8 Å². The van der Waals surface area contributed by atoms with Gasteiger partial charge in [-0.15, -0.1) is 10.2 Å². The van der Waals surface area contributed by atoms with Gasteiger partial charge in [0.05, 0.1) is 5.75 Å². The van der Waals surface area contributed by atoms with Gasteiger partial charge >= 0.3 is 0 Å². The first-order chi connectivity index (χ1) is 16.2. The van der Waals surface area contributed by atoms with Crippen LogP contribution in [0.1, 0.15) is 31.9 Å². The van der Waals surface area contributed by atoms with Crippen molar-refractivity contribution in [1.82, 2.24) is 14.8 Å². The number of rotatable bonds is 6. The summed E-state index contributed by atoms with van der Waals surface area (Å²) in [6, 6.07) is 24.2. The van der Waals surface area contributed by atoms with E-state index in [1.807, 2.05) is 28.8 Å². The molecule has 1 aromatic heterocycles. The van der Waals surface area contributed by atoms with E-state index in [9.17, 15) is 4.79 Å². The molecule has 34 heavy (non-hydrogen) atoms. The van der Waals surface area contributed by atoms with Gasteiger partial charge in [-0.05, 0) is 54.3 Å². The van der Waals surface area contributed by atoms with Crippen molar-refractivity contribution in [3.05, 3.63) is 88.4 Å². The molecule has 174 valence electrons. The Morgan fingerprint density at radius 3 is 2.21 bits per heavy atom. The van der Waals surface area contributed by atoms with E-state index < -0.39 is 0 Å². The summed E-state index contributed by atoms with van der Waals surface area (Å²) in [7, 11) is 0. The van der Waals surface area contributed by atoms with E-state index in [1.54, 1.807) is 0 Å². The SMILES string of the molecule is Cc1ccc(-n2c(SCC(=O)Nc3ccc(Br)cc3)nnc2-c2ccc(C(C)(C)C)cc2)cc1. The number of thioether (sulfide) groups is 1. The second-order valence-corrected chi connectivity index (χ2v) is 11.0. The molecule has 0 fully saturated rings. The minimum Gasteiger partial charge on any atom is -0.325 e. The van der Waals surface area contributed by atoms with Crippen LogP contribution in [0.3, 0.4) is 0 Å². The van der Waals surface area contributed by atoms with Gasteiger partial charge in [-0.25, -0.2) is 0 Å². The zero-order chi connectivity index (χ0) is 24.3. The van der Waals surface area contributed by atoms with Crippen LogP contribution in [-0.2, 0) is 10.2 Å². The van der Waals surface area contributed by atoms with Gasteiger partial charge in [-0.1, -0.05) is 90.4 Å². The number of benzene rings is 3. The monoisotopic (exact) mass is 534 g/mol. The van der Waals surface area contributed by atoms with Crippen molar-refractivity contribution in [1.29, 1.82) is 0 Å². The summed E-state index contributed by atoms with van der Waals surface area (Å²) in [6.07, 6.45) is 0. The normalized spacial score (nSPS) is 11.4. The highest BCUT2D eigenvalue weighted by molar-refractivity contribution is 9.10. The Morgan fingerprint density at radius 2 is 1.59 bits per heavy atom. The van der Waals surface area contributed by atoms with E-state index in [0.717, 1.165) is 27.2 Å². The van der Waals surface area contributed by atoms with Gasteiger partial charge in [-0.3, -0.25) is 9.36 Å². The molecule has 0 aliphatic heterocycles. The number of hydrogen-bond acceptors (Lipinski definition) is 4. The minimum atomic E-state index is -0.0955. The second-order valence-electron chi connectivity index (χ2n) is 9.15. The molecule has 0 unspecified atom stereocenters. The maximum atomic E-state index is 12.6. The lowest BCUT2D eigenvalue weighted by atomic mass is 9.87. The molecular weight excluding hydrogens is 508 g/mol. The first-order valence-electron chi connectivity index (χ1n) is 11.0. The molecule has 0 aliphatic rings. The molecule has 0 atom stereocenters. The number of halogens is 1. The summed E-state index contributed by atoms with van der Waals surface area (Å²) in [6.45, 7) is 8.66.